The third-order valence-corrected chi connectivity index (χ3v) is 4.73. The number of aryl methyl sites for hydroxylation is 1. The SMILES string of the molecule is Cc1cccc(C2(C3CCCC3)CCNC(=O)N2)c1. The van der Waals surface area contributed by atoms with Gasteiger partial charge in [-0.2, -0.15) is 0 Å². The van der Waals surface area contributed by atoms with Crippen LogP contribution < -0.4 is 10.6 Å². The molecular weight excluding hydrogens is 236 g/mol. The normalized spacial score (nSPS) is 27.9. The van der Waals surface area contributed by atoms with E-state index in [-0.39, 0.29) is 11.6 Å². The molecule has 2 N–H and O–H groups in total. The number of hydrogen-bond donors (Lipinski definition) is 2. The van der Waals surface area contributed by atoms with Gasteiger partial charge in [-0.3, -0.25) is 0 Å². The van der Waals surface area contributed by atoms with Gasteiger partial charge in [-0.1, -0.05) is 42.7 Å². The largest absolute Gasteiger partial charge is 0.338 e. The van der Waals surface area contributed by atoms with Crippen molar-refractivity contribution >= 4 is 6.03 Å². The fourth-order valence-electron chi connectivity index (χ4n) is 3.78. The summed E-state index contributed by atoms with van der Waals surface area (Å²) in [6.07, 6.45) is 6.04. The van der Waals surface area contributed by atoms with Gasteiger partial charge in [0.1, 0.15) is 0 Å². The molecule has 2 aliphatic rings. The van der Waals surface area contributed by atoms with Gasteiger partial charge in [0, 0.05) is 6.54 Å². The van der Waals surface area contributed by atoms with E-state index in [9.17, 15) is 4.79 Å². The summed E-state index contributed by atoms with van der Waals surface area (Å²) in [6, 6.07) is 8.63. The average Bonchev–Trinajstić information content (AvgIpc) is 2.93. The monoisotopic (exact) mass is 258 g/mol. The average molecular weight is 258 g/mol. The van der Waals surface area contributed by atoms with Crippen LogP contribution in [0.5, 0.6) is 0 Å². The van der Waals surface area contributed by atoms with Crippen LogP contribution in [0.1, 0.15) is 43.2 Å². The van der Waals surface area contributed by atoms with Gasteiger partial charge in [-0.25, -0.2) is 4.79 Å². The molecule has 1 atom stereocenters. The van der Waals surface area contributed by atoms with Crippen molar-refractivity contribution in [2.45, 2.75) is 44.6 Å². The molecule has 0 bridgehead atoms. The van der Waals surface area contributed by atoms with Gasteiger partial charge in [0.05, 0.1) is 5.54 Å². The molecule has 3 rings (SSSR count). The van der Waals surface area contributed by atoms with Gasteiger partial charge in [0.2, 0.25) is 0 Å². The topological polar surface area (TPSA) is 41.1 Å². The molecule has 0 aromatic heterocycles. The molecule has 102 valence electrons. The number of urea groups is 1. The molecular formula is C16H22N2O. The number of nitrogens with one attached hydrogen (secondary N) is 2. The molecule has 3 heteroatoms. The van der Waals surface area contributed by atoms with Crippen LogP contribution in [0, 0.1) is 12.8 Å². The van der Waals surface area contributed by atoms with Crippen molar-refractivity contribution in [3.63, 3.8) is 0 Å². The lowest BCUT2D eigenvalue weighted by atomic mass is 9.73. The van der Waals surface area contributed by atoms with Crippen LogP contribution in [-0.2, 0) is 5.54 Å². The highest BCUT2D eigenvalue weighted by Gasteiger charge is 2.44. The second kappa shape index (κ2) is 4.87. The molecule has 1 heterocycles. The first-order valence-electron chi connectivity index (χ1n) is 7.34. The maximum atomic E-state index is 11.9. The molecule has 1 aliphatic carbocycles. The molecule has 1 unspecified atom stereocenters. The smallest absolute Gasteiger partial charge is 0.315 e. The van der Waals surface area contributed by atoms with Crippen molar-refractivity contribution in [1.82, 2.24) is 10.6 Å². The van der Waals surface area contributed by atoms with E-state index in [1.165, 1.54) is 36.8 Å². The third-order valence-electron chi connectivity index (χ3n) is 4.73. The highest BCUT2D eigenvalue weighted by Crippen LogP contribution is 2.43. The Morgan fingerprint density at radius 3 is 2.74 bits per heavy atom. The predicted octanol–water partition coefficient (Wildman–Crippen LogP) is 3.08. The Morgan fingerprint density at radius 2 is 2.05 bits per heavy atom. The van der Waals surface area contributed by atoms with E-state index in [4.69, 9.17) is 0 Å². The zero-order valence-corrected chi connectivity index (χ0v) is 11.5. The lowest BCUT2D eigenvalue weighted by Gasteiger charge is -2.43. The maximum Gasteiger partial charge on any atom is 0.315 e. The number of carbonyl (C=O) groups excluding carboxylic acids is 1. The summed E-state index contributed by atoms with van der Waals surface area (Å²) in [7, 11) is 0. The first-order valence-corrected chi connectivity index (χ1v) is 7.34. The van der Waals surface area contributed by atoms with Crippen molar-refractivity contribution in [2.75, 3.05) is 6.54 Å². The van der Waals surface area contributed by atoms with Crippen molar-refractivity contribution < 1.29 is 4.79 Å². The van der Waals surface area contributed by atoms with Crippen LogP contribution in [0.2, 0.25) is 0 Å². The Hall–Kier alpha value is -1.51. The van der Waals surface area contributed by atoms with Gasteiger partial charge in [0.15, 0.2) is 0 Å². The first-order chi connectivity index (χ1) is 9.21. The van der Waals surface area contributed by atoms with Crippen LogP contribution in [0.25, 0.3) is 0 Å². The van der Waals surface area contributed by atoms with E-state index in [0.29, 0.717) is 5.92 Å². The Bertz CT molecular complexity index is 479. The Kier molecular flexibility index (Phi) is 3.21. The van der Waals surface area contributed by atoms with Crippen molar-refractivity contribution in [3.05, 3.63) is 35.4 Å². The van der Waals surface area contributed by atoms with Crippen LogP contribution in [0.15, 0.2) is 24.3 Å². The van der Waals surface area contributed by atoms with Crippen LogP contribution in [-0.4, -0.2) is 12.6 Å². The Labute approximate surface area is 114 Å². The molecule has 0 radical (unpaired) electrons. The van der Waals surface area contributed by atoms with E-state index >= 15 is 0 Å². The molecule has 2 amide bonds. The lowest BCUT2D eigenvalue weighted by Crippen LogP contribution is -2.59. The van der Waals surface area contributed by atoms with Crippen LogP contribution >= 0.6 is 0 Å². The van der Waals surface area contributed by atoms with Gasteiger partial charge < -0.3 is 10.6 Å². The molecule has 1 saturated carbocycles. The van der Waals surface area contributed by atoms with E-state index in [1.54, 1.807) is 0 Å². The Balaban J connectivity index is 2.02. The fourth-order valence-corrected chi connectivity index (χ4v) is 3.78. The highest BCUT2D eigenvalue weighted by molar-refractivity contribution is 5.76. The minimum Gasteiger partial charge on any atom is -0.338 e. The molecule has 0 spiro atoms. The minimum atomic E-state index is -0.148. The predicted molar refractivity (Wildman–Crippen MR) is 76.0 cm³/mol. The number of benzene rings is 1. The lowest BCUT2D eigenvalue weighted by molar-refractivity contribution is 0.163. The summed E-state index contributed by atoms with van der Waals surface area (Å²) < 4.78 is 0. The molecule has 1 aromatic rings. The molecule has 3 nitrogen and oxygen atoms in total. The van der Waals surface area contributed by atoms with Crippen molar-refractivity contribution in [1.29, 1.82) is 0 Å². The standard InChI is InChI=1S/C16H22N2O/c1-12-5-4-8-14(11-12)16(13-6-2-3-7-13)9-10-17-15(19)18-16/h4-5,8,11,13H,2-3,6-7,9-10H2,1H3,(H2,17,18,19). The summed E-state index contributed by atoms with van der Waals surface area (Å²) in [5, 5.41) is 6.16. The quantitative estimate of drug-likeness (QED) is 0.841. The summed E-state index contributed by atoms with van der Waals surface area (Å²) in [4.78, 5) is 11.9. The second-order valence-corrected chi connectivity index (χ2v) is 5.95. The molecule has 1 aliphatic heterocycles. The summed E-state index contributed by atoms with van der Waals surface area (Å²) in [5.41, 5.74) is 2.40. The van der Waals surface area contributed by atoms with Crippen LogP contribution in [0.4, 0.5) is 4.79 Å². The van der Waals surface area contributed by atoms with E-state index in [0.717, 1.165) is 13.0 Å². The first kappa shape index (κ1) is 12.5. The summed E-state index contributed by atoms with van der Waals surface area (Å²) in [6.45, 7) is 2.89. The third kappa shape index (κ3) is 2.22. The van der Waals surface area contributed by atoms with Gasteiger partial charge in [0.25, 0.3) is 0 Å². The molecule has 1 aromatic carbocycles. The van der Waals surface area contributed by atoms with E-state index < -0.39 is 0 Å². The van der Waals surface area contributed by atoms with Gasteiger partial charge in [-0.05, 0) is 37.7 Å². The van der Waals surface area contributed by atoms with Gasteiger partial charge >= 0.3 is 6.03 Å². The van der Waals surface area contributed by atoms with E-state index in [2.05, 4.69) is 41.8 Å². The Morgan fingerprint density at radius 1 is 1.26 bits per heavy atom. The van der Waals surface area contributed by atoms with Crippen molar-refractivity contribution in [3.8, 4) is 0 Å². The van der Waals surface area contributed by atoms with Crippen molar-refractivity contribution in [2.24, 2.45) is 5.92 Å². The fraction of sp³-hybridized carbons (Fsp3) is 0.562. The molecule has 1 saturated heterocycles. The van der Waals surface area contributed by atoms with Gasteiger partial charge in [-0.15, -0.1) is 0 Å². The number of rotatable bonds is 2. The van der Waals surface area contributed by atoms with Crippen LogP contribution in [0.3, 0.4) is 0 Å². The second-order valence-electron chi connectivity index (χ2n) is 5.95. The number of amides is 2. The van der Waals surface area contributed by atoms with E-state index in [1.807, 2.05) is 0 Å². The zero-order valence-electron chi connectivity index (χ0n) is 11.5. The maximum absolute atomic E-state index is 11.9. The number of hydrogen-bond acceptors (Lipinski definition) is 1. The summed E-state index contributed by atoms with van der Waals surface area (Å²) in [5.74, 6) is 0.584. The number of carbonyl (C=O) groups is 1. The minimum absolute atomic E-state index is 0.0142. The molecule has 19 heavy (non-hydrogen) atoms. The summed E-state index contributed by atoms with van der Waals surface area (Å²) >= 11 is 0. The zero-order chi connectivity index (χ0) is 13.3. The highest BCUT2D eigenvalue weighted by atomic mass is 16.2. The molecule has 2 fully saturated rings.